The second kappa shape index (κ2) is 6.40. The van der Waals surface area contributed by atoms with Gasteiger partial charge in [0.15, 0.2) is 0 Å². The van der Waals surface area contributed by atoms with Crippen molar-refractivity contribution >= 4 is 41.5 Å². The molecule has 2 aliphatic carbocycles. The van der Waals surface area contributed by atoms with Crippen molar-refractivity contribution in [2.45, 2.75) is 49.6 Å². The Balaban J connectivity index is 2.17. The third-order valence-corrected chi connectivity index (χ3v) is 14.5. The molecule has 0 heterocycles. The molecule has 2 rings (SSSR count). The predicted octanol–water partition coefficient (Wildman–Crippen LogP) is 1.33. The molecule has 110 valence electrons. The van der Waals surface area contributed by atoms with Crippen molar-refractivity contribution < 1.29 is 24.5 Å². The molecule has 0 aromatic carbocycles. The fraction of sp³-hybridized carbons (Fsp3) is 0.769. The molecule has 0 aromatic heterocycles. The minimum atomic E-state index is -3.48. The molecule has 2 saturated carbocycles. The van der Waals surface area contributed by atoms with Crippen molar-refractivity contribution in [3.05, 3.63) is 0 Å². The van der Waals surface area contributed by atoms with E-state index in [0.717, 1.165) is 19.3 Å². The number of carbonyl (C=O) groups excluding carboxylic acids is 3. The van der Waals surface area contributed by atoms with Crippen LogP contribution < -0.4 is 0 Å². The summed E-state index contributed by atoms with van der Waals surface area (Å²) in [5.41, 5.74) is 0. The molecule has 0 aliphatic heterocycles. The van der Waals surface area contributed by atoms with Gasteiger partial charge in [0.05, 0.1) is 0 Å². The third-order valence-electron chi connectivity index (χ3n) is 4.08. The quantitative estimate of drug-likeness (QED) is 0.451. The number of rotatable bonds is 4. The summed E-state index contributed by atoms with van der Waals surface area (Å²) in [7, 11) is 0. The first kappa shape index (κ1) is 15.7. The van der Waals surface area contributed by atoms with Crippen LogP contribution in [0.25, 0.3) is 0 Å². The molecule has 0 N–H and O–H groups in total. The van der Waals surface area contributed by atoms with E-state index in [1.165, 1.54) is 20.8 Å². The van der Waals surface area contributed by atoms with E-state index in [9.17, 15) is 14.4 Å². The molecule has 2 bridgehead atoms. The summed E-state index contributed by atoms with van der Waals surface area (Å²) in [5.74, 6) is -0.480. The van der Waals surface area contributed by atoms with Gasteiger partial charge in [0.2, 0.25) is 0 Å². The Morgan fingerprint density at radius 3 is 1.95 bits per heavy atom. The second-order valence-corrected chi connectivity index (χ2v) is 13.3. The zero-order chi connectivity index (χ0) is 14.9. The van der Waals surface area contributed by atoms with Crippen LogP contribution in [-0.2, 0) is 24.5 Å². The summed E-state index contributed by atoms with van der Waals surface area (Å²) in [6, 6.07) is 0. The van der Waals surface area contributed by atoms with Gasteiger partial charge in [0.1, 0.15) is 0 Å². The molecule has 0 spiro atoms. The van der Waals surface area contributed by atoms with E-state index in [1.807, 2.05) is 0 Å². The first-order valence-corrected chi connectivity index (χ1v) is 13.2. The van der Waals surface area contributed by atoms with Gasteiger partial charge in [0, 0.05) is 0 Å². The van der Waals surface area contributed by atoms with Crippen molar-refractivity contribution in [3.63, 3.8) is 0 Å². The fourth-order valence-corrected chi connectivity index (χ4v) is 13.3. The molecular formula is C13H19O6Tl. The van der Waals surface area contributed by atoms with Gasteiger partial charge in [-0.2, -0.15) is 0 Å². The second-order valence-electron chi connectivity index (χ2n) is 5.57. The van der Waals surface area contributed by atoms with Crippen molar-refractivity contribution in [1.82, 2.24) is 0 Å². The number of esters is 1. The normalized spacial score (nSPS) is 30.8. The van der Waals surface area contributed by atoms with Crippen LogP contribution in [0.15, 0.2) is 0 Å². The predicted molar refractivity (Wildman–Crippen MR) is 69.4 cm³/mol. The first-order chi connectivity index (χ1) is 9.38. The van der Waals surface area contributed by atoms with E-state index in [-0.39, 0.29) is 15.6 Å². The zero-order valence-corrected chi connectivity index (χ0v) is 16.4. The van der Waals surface area contributed by atoms with Crippen LogP contribution in [-0.4, -0.2) is 47.6 Å². The Morgan fingerprint density at radius 2 is 1.45 bits per heavy atom. The molecule has 0 saturated heterocycles. The maximum absolute atomic E-state index is 11.3. The van der Waals surface area contributed by atoms with Gasteiger partial charge in [-0.1, -0.05) is 0 Å². The average molecular weight is 476 g/mol. The first-order valence-electron chi connectivity index (χ1n) is 6.90. The van der Waals surface area contributed by atoms with Gasteiger partial charge in [-0.15, -0.1) is 0 Å². The van der Waals surface area contributed by atoms with Gasteiger partial charge < -0.3 is 0 Å². The minimum absolute atomic E-state index is 0.0366. The summed E-state index contributed by atoms with van der Waals surface area (Å²) < 4.78 is 16.1. The molecule has 2 fully saturated rings. The van der Waals surface area contributed by atoms with Crippen molar-refractivity contribution in [1.29, 1.82) is 0 Å². The van der Waals surface area contributed by atoms with Crippen molar-refractivity contribution in [2.24, 2.45) is 11.8 Å². The van der Waals surface area contributed by atoms with Crippen LogP contribution >= 0.6 is 0 Å². The molecule has 0 aromatic rings. The molecular weight excluding hydrogens is 457 g/mol. The van der Waals surface area contributed by atoms with Crippen molar-refractivity contribution in [2.75, 3.05) is 0 Å². The van der Waals surface area contributed by atoms with E-state index < -0.39 is 35.5 Å². The summed E-state index contributed by atoms with van der Waals surface area (Å²) in [6.07, 6.45) is 2.80. The van der Waals surface area contributed by atoms with E-state index in [4.69, 9.17) is 10.1 Å². The standard InChI is InChI=1S/C9H13O2.2C2H4O2.Tl/c1-6(10)11-9-5-7-2-3-8(9)4-7;2*1-2(3)4;/h5,7-9H,2-4H2,1H3;2*1H3,(H,3,4);/q;;;+2/p-2. The van der Waals surface area contributed by atoms with Crippen LogP contribution in [0.1, 0.15) is 40.0 Å². The van der Waals surface area contributed by atoms with E-state index in [2.05, 4.69) is 0 Å². The van der Waals surface area contributed by atoms with Crippen LogP contribution in [0.5, 0.6) is 0 Å². The van der Waals surface area contributed by atoms with Gasteiger partial charge >= 0.3 is 127 Å². The Bertz CT molecular complexity index is 407. The fourth-order valence-electron chi connectivity index (χ4n) is 3.54. The number of hydrogen-bond donors (Lipinski definition) is 0. The molecule has 2 aliphatic rings. The molecule has 4 unspecified atom stereocenters. The maximum atomic E-state index is 11.3. The molecule has 7 heteroatoms. The Morgan fingerprint density at radius 1 is 0.900 bits per heavy atom. The van der Waals surface area contributed by atoms with Crippen LogP contribution in [0.4, 0.5) is 0 Å². The Hall–Kier alpha value is -0.668. The van der Waals surface area contributed by atoms with E-state index in [0.29, 0.717) is 11.8 Å². The monoisotopic (exact) mass is 476 g/mol. The number of carbonyl (C=O) groups is 3. The van der Waals surface area contributed by atoms with E-state index in [1.54, 1.807) is 0 Å². The molecule has 6 nitrogen and oxygen atoms in total. The van der Waals surface area contributed by atoms with Gasteiger partial charge in [-0.3, -0.25) is 0 Å². The number of fused-ring (bicyclic) bond motifs is 2. The Labute approximate surface area is 127 Å². The summed E-state index contributed by atoms with van der Waals surface area (Å²) in [4.78, 5) is 33.8. The Kier molecular flexibility index (Phi) is 5.03. The average Bonchev–Trinajstić information content (AvgIpc) is 2.86. The van der Waals surface area contributed by atoms with Gasteiger partial charge in [0.25, 0.3) is 0 Å². The summed E-state index contributed by atoms with van der Waals surface area (Å²) >= 11 is -3.48. The van der Waals surface area contributed by atoms with Crippen LogP contribution in [0.2, 0.25) is 3.48 Å². The number of hydrogen-bond acceptors (Lipinski definition) is 6. The molecule has 0 amide bonds. The van der Waals surface area contributed by atoms with Gasteiger partial charge in [-0.05, 0) is 0 Å². The number of ether oxygens (including phenoxy) is 1. The topological polar surface area (TPSA) is 78.9 Å². The molecule has 20 heavy (non-hydrogen) atoms. The molecule has 0 radical (unpaired) electrons. The summed E-state index contributed by atoms with van der Waals surface area (Å²) in [6.45, 7) is 4.03. The van der Waals surface area contributed by atoms with Crippen LogP contribution in [0.3, 0.4) is 0 Å². The van der Waals surface area contributed by atoms with E-state index >= 15 is 0 Å². The van der Waals surface area contributed by atoms with Gasteiger partial charge in [-0.25, -0.2) is 0 Å². The SMILES string of the molecule is CC(=O)OC1C2CCC(C2)[CH]1[Tl]([O]C(C)=O)[O]C(C)=O. The third kappa shape index (κ3) is 3.50. The summed E-state index contributed by atoms with van der Waals surface area (Å²) in [5, 5.41) is 0. The van der Waals surface area contributed by atoms with Crippen LogP contribution in [0, 0.1) is 11.8 Å². The van der Waals surface area contributed by atoms with Crippen molar-refractivity contribution in [3.8, 4) is 0 Å². The molecule has 4 atom stereocenters. The zero-order valence-electron chi connectivity index (χ0n) is 12.0.